The normalized spacial score (nSPS) is 11.2. The summed E-state index contributed by atoms with van der Waals surface area (Å²) in [4.78, 5) is 35.4. The molecule has 0 spiro atoms. The number of anilines is 2. The molecule has 1 atom stereocenters. The number of rotatable bonds is 8. The summed E-state index contributed by atoms with van der Waals surface area (Å²) < 4.78 is 15.6. The molecule has 0 saturated heterocycles. The van der Waals surface area contributed by atoms with Crippen LogP contribution in [0.15, 0.2) is 42.5 Å². The first-order valence-corrected chi connectivity index (χ1v) is 8.91. The van der Waals surface area contributed by atoms with Crippen molar-refractivity contribution >= 4 is 29.2 Å². The number of ether oxygens (including phenoxy) is 3. The predicted molar refractivity (Wildman–Crippen MR) is 108 cm³/mol. The van der Waals surface area contributed by atoms with Crippen molar-refractivity contribution in [2.24, 2.45) is 0 Å². The molecule has 0 heterocycles. The minimum Gasteiger partial charge on any atom is -0.493 e. The molecule has 29 heavy (non-hydrogen) atoms. The molecule has 154 valence electrons. The van der Waals surface area contributed by atoms with Crippen LogP contribution in [-0.2, 0) is 25.5 Å². The van der Waals surface area contributed by atoms with E-state index < -0.39 is 18.0 Å². The van der Waals surface area contributed by atoms with Crippen LogP contribution in [0.1, 0.15) is 19.4 Å². The van der Waals surface area contributed by atoms with E-state index in [9.17, 15) is 14.4 Å². The number of hydrogen-bond acceptors (Lipinski definition) is 6. The maximum absolute atomic E-state index is 12.3. The topological polar surface area (TPSA) is 103 Å². The number of methoxy groups -OCH3 is 2. The summed E-state index contributed by atoms with van der Waals surface area (Å²) in [6, 6.07) is 11.7. The van der Waals surface area contributed by atoms with Gasteiger partial charge in [-0.3, -0.25) is 14.4 Å². The zero-order chi connectivity index (χ0) is 21.4. The maximum Gasteiger partial charge on any atom is 0.311 e. The van der Waals surface area contributed by atoms with Crippen molar-refractivity contribution in [1.29, 1.82) is 0 Å². The van der Waals surface area contributed by atoms with Gasteiger partial charge >= 0.3 is 5.97 Å². The fourth-order valence-electron chi connectivity index (χ4n) is 2.53. The molecule has 0 aliphatic heterocycles. The van der Waals surface area contributed by atoms with Gasteiger partial charge in [0, 0.05) is 18.3 Å². The van der Waals surface area contributed by atoms with E-state index in [-0.39, 0.29) is 12.3 Å². The molecule has 2 N–H and O–H groups in total. The molecule has 0 aliphatic rings. The standard InChI is InChI=1S/C21H24N2O6/c1-13(21(26)23-17-8-6-16(7-9-17)22-14(2)24)29-20(25)12-15-5-10-18(27-3)19(11-15)28-4/h5-11,13H,12H2,1-4H3,(H,22,24)(H,23,26)/t13-/m0/s1. The van der Waals surface area contributed by atoms with Crippen molar-refractivity contribution in [1.82, 2.24) is 0 Å². The van der Waals surface area contributed by atoms with Gasteiger partial charge in [0.25, 0.3) is 5.91 Å². The van der Waals surface area contributed by atoms with E-state index in [0.29, 0.717) is 28.4 Å². The molecule has 0 unspecified atom stereocenters. The monoisotopic (exact) mass is 400 g/mol. The van der Waals surface area contributed by atoms with Crippen molar-refractivity contribution in [2.75, 3.05) is 24.9 Å². The molecule has 0 fully saturated rings. The lowest BCUT2D eigenvalue weighted by atomic mass is 10.1. The SMILES string of the molecule is COc1ccc(CC(=O)O[C@@H](C)C(=O)Nc2ccc(NC(C)=O)cc2)cc1OC. The molecule has 0 saturated carbocycles. The Labute approximate surface area is 169 Å². The van der Waals surface area contributed by atoms with Gasteiger partial charge in [0.05, 0.1) is 20.6 Å². The number of nitrogens with one attached hydrogen (secondary N) is 2. The Morgan fingerprint density at radius 3 is 2.03 bits per heavy atom. The number of esters is 1. The van der Waals surface area contributed by atoms with Crippen LogP contribution in [0.4, 0.5) is 11.4 Å². The highest BCUT2D eigenvalue weighted by Gasteiger charge is 2.19. The first kappa shape index (κ1) is 21.7. The largest absolute Gasteiger partial charge is 0.493 e. The Hall–Kier alpha value is -3.55. The average molecular weight is 400 g/mol. The van der Waals surface area contributed by atoms with E-state index >= 15 is 0 Å². The quantitative estimate of drug-likeness (QED) is 0.661. The Morgan fingerprint density at radius 2 is 1.48 bits per heavy atom. The number of carbonyl (C=O) groups is 3. The van der Waals surface area contributed by atoms with E-state index in [1.165, 1.54) is 28.1 Å². The van der Waals surface area contributed by atoms with Crippen molar-refractivity contribution in [2.45, 2.75) is 26.4 Å². The Balaban J connectivity index is 1.90. The van der Waals surface area contributed by atoms with Gasteiger partial charge in [0.2, 0.25) is 5.91 Å². The highest BCUT2D eigenvalue weighted by molar-refractivity contribution is 5.95. The van der Waals surface area contributed by atoms with Crippen molar-refractivity contribution in [3.63, 3.8) is 0 Å². The van der Waals surface area contributed by atoms with Gasteiger partial charge in [-0.25, -0.2) is 0 Å². The fourth-order valence-corrected chi connectivity index (χ4v) is 2.53. The Morgan fingerprint density at radius 1 is 0.897 bits per heavy atom. The third-order valence-corrected chi connectivity index (χ3v) is 3.95. The number of benzene rings is 2. The first-order chi connectivity index (χ1) is 13.8. The minimum absolute atomic E-state index is 0.0105. The summed E-state index contributed by atoms with van der Waals surface area (Å²) >= 11 is 0. The van der Waals surface area contributed by atoms with Crippen LogP contribution < -0.4 is 20.1 Å². The second-order valence-electron chi connectivity index (χ2n) is 6.25. The molecule has 0 aromatic heterocycles. The van der Waals surface area contributed by atoms with Gasteiger partial charge in [-0.1, -0.05) is 6.07 Å². The van der Waals surface area contributed by atoms with E-state index in [1.54, 1.807) is 42.5 Å². The summed E-state index contributed by atoms with van der Waals surface area (Å²) in [5.41, 5.74) is 1.81. The summed E-state index contributed by atoms with van der Waals surface area (Å²) in [5.74, 6) is -0.121. The fraction of sp³-hybridized carbons (Fsp3) is 0.286. The van der Waals surface area contributed by atoms with E-state index in [1.807, 2.05) is 0 Å². The van der Waals surface area contributed by atoms with Gasteiger partial charge in [0.1, 0.15) is 0 Å². The number of carbonyl (C=O) groups excluding carboxylic acids is 3. The van der Waals surface area contributed by atoms with Crippen LogP contribution in [0.5, 0.6) is 11.5 Å². The summed E-state index contributed by atoms with van der Waals surface area (Å²) in [6.45, 7) is 2.90. The van der Waals surface area contributed by atoms with Gasteiger partial charge < -0.3 is 24.8 Å². The second kappa shape index (κ2) is 10.1. The summed E-state index contributed by atoms with van der Waals surface area (Å²) in [5, 5.41) is 5.29. The van der Waals surface area contributed by atoms with Crippen LogP contribution >= 0.6 is 0 Å². The van der Waals surface area contributed by atoms with Gasteiger partial charge in [0.15, 0.2) is 17.6 Å². The Kier molecular flexibility index (Phi) is 7.59. The first-order valence-electron chi connectivity index (χ1n) is 8.91. The lowest BCUT2D eigenvalue weighted by molar-refractivity contribution is -0.152. The maximum atomic E-state index is 12.3. The van der Waals surface area contributed by atoms with Crippen LogP contribution in [0, 0.1) is 0 Å². The average Bonchev–Trinajstić information content (AvgIpc) is 2.68. The van der Waals surface area contributed by atoms with E-state index in [2.05, 4.69) is 10.6 Å². The van der Waals surface area contributed by atoms with Crippen LogP contribution in [0.3, 0.4) is 0 Å². The summed E-state index contributed by atoms with van der Waals surface area (Å²) in [7, 11) is 3.04. The minimum atomic E-state index is -0.974. The smallest absolute Gasteiger partial charge is 0.311 e. The second-order valence-corrected chi connectivity index (χ2v) is 6.25. The number of amides is 2. The zero-order valence-corrected chi connectivity index (χ0v) is 16.8. The molecule has 2 amide bonds. The van der Waals surface area contributed by atoms with Crippen LogP contribution in [0.2, 0.25) is 0 Å². The van der Waals surface area contributed by atoms with Crippen LogP contribution in [0.25, 0.3) is 0 Å². The van der Waals surface area contributed by atoms with Gasteiger partial charge in [-0.15, -0.1) is 0 Å². The van der Waals surface area contributed by atoms with Gasteiger partial charge in [-0.05, 0) is 48.9 Å². The highest BCUT2D eigenvalue weighted by Crippen LogP contribution is 2.27. The molecule has 0 aliphatic carbocycles. The molecule has 2 rings (SSSR count). The van der Waals surface area contributed by atoms with E-state index in [0.717, 1.165) is 0 Å². The summed E-state index contributed by atoms with van der Waals surface area (Å²) in [6.07, 6.45) is -0.985. The van der Waals surface area contributed by atoms with Crippen LogP contribution in [-0.4, -0.2) is 38.1 Å². The third kappa shape index (κ3) is 6.53. The van der Waals surface area contributed by atoms with Gasteiger partial charge in [-0.2, -0.15) is 0 Å². The molecular formula is C21H24N2O6. The van der Waals surface area contributed by atoms with E-state index in [4.69, 9.17) is 14.2 Å². The van der Waals surface area contributed by atoms with Crippen molar-refractivity contribution in [3.8, 4) is 11.5 Å². The lowest BCUT2D eigenvalue weighted by Crippen LogP contribution is -2.30. The molecule has 2 aromatic rings. The molecular weight excluding hydrogens is 376 g/mol. The Bertz CT molecular complexity index is 879. The molecule has 0 radical (unpaired) electrons. The highest BCUT2D eigenvalue weighted by atomic mass is 16.5. The lowest BCUT2D eigenvalue weighted by Gasteiger charge is -2.14. The predicted octanol–water partition coefficient (Wildman–Crippen LogP) is 2.78. The molecule has 2 aromatic carbocycles. The van der Waals surface area contributed by atoms with Crippen molar-refractivity contribution < 1.29 is 28.6 Å². The zero-order valence-electron chi connectivity index (χ0n) is 16.8. The molecule has 8 heteroatoms. The number of hydrogen-bond donors (Lipinski definition) is 2. The molecule has 0 bridgehead atoms. The molecule has 8 nitrogen and oxygen atoms in total. The van der Waals surface area contributed by atoms with Crippen molar-refractivity contribution in [3.05, 3.63) is 48.0 Å². The third-order valence-electron chi connectivity index (χ3n) is 3.95.